The van der Waals surface area contributed by atoms with Crippen molar-refractivity contribution in [3.05, 3.63) is 82.3 Å². The number of carbonyl (C=O) groups is 1. The third-order valence-electron chi connectivity index (χ3n) is 5.71. The molecule has 0 saturated carbocycles. The number of hydrogen-bond acceptors (Lipinski definition) is 5. The third kappa shape index (κ3) is 5.07. The highest BCUT2D eigenvalue weighted by Gasteiger charge is 2.30. The van der Waals surface area contributed by atoms with Crippen molar-refractivity contribution in [2.45, 2.75) is 25.4 Å². The van der Waals surface area contributed by atoms with E-state index in [0.717, 1.165) is 48.8 Å². The van der Waals surface area contributed by atoms with Crippen LogP contribution in [0.4, 0.5) is 0 Å². The molecule has 6 heteroatoms. The Morgan fingerprint density at radius 1 is 1.17 bits per heavy atom. The molecular formula is C24H27N3O2S. The lowest BCUT2D eigenvalue weighted by Gasteiger charge is -2.36. The molecule has 0 aliphatic carbocycles. The summed E-state index contributed by atoms with van der Waals surface area (Å²) in [5, 5.41) is 5.19. The van der Waals surface area contributed by atoms with E-state index in [0.29, 0.717) is 5.92 Å². The first-order chi connectivity index (χ1) is 14.7. The molecule has 1 amide bonds. The second-order valence-electron chi connectivity index (χ2n) is 7.64. The molecule has 30 heavy (non-hydrogen) atoms. The van der Waals surface area contributed by atoms with Gasteiger partial charge in [-0.25, -0.2) is 0 Å². The maximum absolute atomic E-state index is 12.7. The minimum absolute atomic E-state index is 0.0127. The van der Waals surface area contributed by atoms with E-state index in [9.17, 15) is 4.79 Å². The van der Waals surface area contributed by atoms with E-state index in [1.54, 1.807) is 13.3 Å². The first-order valence-electron chi connectivity index (χ1n) is 10.3. The summed E-state index contributed by atoms with van der Waals surface area (Å²) in [6.07, 6.45) is 3.86. The van der Waals surface area contributed by atoms with Gasteiger partial charge in [-0.3, -0.25) is 14.7 Å². The van der Waals surface area contributed by atoms with Crippen molar-refractivity contribution in [1.82, 2.24) is 15.2 Å². The van der Waals surface area contributed by atoms with E-state index >= 15 is 0 Å². The number of methoxy groups -OCH3 is 1. The minimum Gasteiger partial charge on any atom is -0.497 e. The van der Waals surface area contributed by atoms with Gasteiger partial charge in [-0.2, -0.15) is 0 Å². The van der Waals surface area contributed by atoms with E-state index in [1.807, 2.05) is 47.8 Å². The molecule has 156 valence electrons. The lowest BCUT2D eigenvalue weighted by molar-refractivity contribution is 0.0892. The van der Waals surface area contributed by atoms with Crippen molar-refractivity contribution < 1.29 is 9.53 Å². The molecule has 0 radical (unpaired) electrons. The van der Waals surface area contributed by atoms with Crippen molar-refractivity contribution in [2.24, 2.45) is 5.92 Å². The predicted octanol–water partition coefficient (Wildman–Crippen LogP) is 4.54. The maximum Gasteiger partial charge on any atom is 0.261 e. The molecule has 1 aliphatic heterocycles. The van der Waals surface area contributed by atoms with Crippen LogP contribution in [0, 0.1) is 5.92 Å². The van der Waals surface area contributed by atoms with Crippen LogP contribution in [0.3, 0.4) is 0 Å². The van der Waals surface area contributed by atoms with Crippen LogP contribution >= 0.6 is 11.3 Å². The molecule has 2 aromatic heterocycles. The molecule has 0 spiro atoms. The molecule has 0 bridgehead atoms. The second kappa shape index (κ2) is 9.87. The normalized spacial score (nSPS) is 16.2. The van der Waals surface area contributed by atoms with Crippen LogP contribution in [0.5, 0.6) is 5.75 Å². The summed E-state index contributed by atoms with van der Waals surface area (Å²) >= 11 is 1.47. The van der Waals surface area contributed by atoms with Gasteiger partial charge >= 0.3 is 0 Å². The molecule has 0 unspecified atom stereocenters. The number of pyridine rings is 1. The highest BCUT2D eigenvalue weighted by Crippen LogP contribution is 2.31. The van der Waals surface area contributed by atoms with E-state index < -0.39 is 0 Å². The van der Waals surface area contributed by atoms with Crippen molar-refractivity contribution in [1.29, 1.82) is 0 Å². The number of aromatic nitrogens is 1. The monoisotopic (exact) mass is 421 g/mol. The van der Waals surface area contributed by atoms with Gasteiger partial charge in [0.25, 0.3) is 5.91 Å². The van der Waals surface area contributed by atoms with E-state index in [-0.39, 0.29) is 11.9 Å². The van der Waals surface area contributed by atoms with Crippen molar-refractivity contribution in [3.63, 3.8) is 0 Å². The number of nitrogens with zero attached hydrogens (tertiary/aromatic N) is 2. The summed E-state index contributed by atoms with van der Waals surface area (Å²) in [5.74, 6) is 1.24. The van der Waals surface area contributed by atoms with Crippen molar-refractivity contribution >= 4 is 17.2 Å². The zero-order chi connectivity index (χ0) is 20.8. The second-order valence-corrected chi connectivity index (χ2v) is 8.59. The van der Waals surface area contributed by atoms with Gasteiger partial charge < -0.3 is 10.1 Å². The van der Waals surface area contributed by atoms with Gasteiger partial charge in [0.05, 0.1) is 23.7 Å². The Morgan fingerprint density at radius 2 is 1.97 bits per heavy atom. The zero-order valence-corrected chi connectivity index (χ0v) is 18.0. The number of hydrogen-bond donors (Lipinski definition) is 1. The Labute approximate surface area is 181 Å². The van der Waals surface area contributed by atoms with Crippen LogP contribution in [0.25, 0.3) is 0 Å². The molecule has 4 rings (SSSR count). The topological polar surface area (TPSA) is 54.5 Å². The predicted molar refractivity (Wildman–Crippen MR) is 120 cm³/mol. The van der Waals surface area contributed by atoms with Crippen LogP contribution < -0.4 is 10.1 Å². The Balaban J connectivity index is 1.40. The number of thiophene rings is 1. The quantitative estimate of drug-likeness (QED) is 0.609. The van der Waals surface area contributed by atoms with E-state index in [1.165, 1.54) is 16.9 Å². The Hall–Kier alpha value is -2.70. The van der Waals surface area contributed by atoms with Crippen LogP contribution in [0.1, 0.15) is 39.8 Å². The fourth-order valence-electron chi connectivity index (χ4n) is 4.05. The summed E-state index contributed by atoms with van der Waals surface area (Å²) < 4.78 is 5.25. The zero-order valence-electron chi connectivity index (χ0n) is 17.2. The van der Waals surface area contributed by atoms with Gasteiger partial charge in [-0.1, -0.05) is 24.3 Å². The fourth-order valence-corrected chi connectivity index (χ4v) is 4.67. The smallest absolute Gasteiger partial charge is 0.261 e. The number of rotatable bonds is 7. The molecular weight excluding hydrogens is 394 g/mol. The molecule has 3 aromatic rings. The van der Waals surface area contributed by atoms with Crippen molar-refractivity contribution in [3.8, 4) is 5.75 Å². The maximum atomic E-state index is 12.7. The lowest BCUT2D eigenvalue weighted by Crippen LogP contribution is -2.40. The molecule has 1 atom stereocenters. The Kier molecular flexibility index (Phi) is 6.77. The standard InChI is InChI=1S/C24H27N3O2S/c1-29-20-9-7-18(8-10-20)17-27-14-11-19(12-15-27)23(21-5-2-3-13-25-21)26-24(28)22-6-4-16-30-22/h2-10,13,16,19,23H,11-12,14-15,17H2,1H3,(H,26,28)/t23-/m0/s1. The number of piperidine rings is 1. The van der Waals surface area contributed by atoms with Gasteiger partial charge in [0.1, 0.15) is 5.75 Å². The number of ether oxygens (including phenoxy) is 1. The fraction of sp³-hybridized carbons (Fsp3) is 0.333. The van der Waals surface area contributed by atoms with E-state index in [4.69, 9.17) is 4.74 Å². The van der Waals surface area contributed by atoms with Crippen LogP contribution in [-0.4, -0.2) is 36.0 Å². The van der Waals surface area contributed by atoms with Crippen LogP contribution in [-0.2, 0) is 6.54 Å². The highest BCUT2D eigenvalue weighted by atomic mass is 32.1. The van der Waals surface area contributed by atoms with Gasteiger partial charge in [-0.05, 0) is 73.1 Å². The molecule has 1 fully saturated rings. The highest BCUT2D eigenvalue weighted by molar-refractivity contribution is 7.12. The summed E-state index contributed by atoms with van der Waals surface area (Å²) in [4.78, 5) is 20.5. The van der Waals surface area contributed by atoms with Gasteiger partial charge in [0, 0.05) is 12.7 Å². The summed E-state index contributed by atoms with van der Waals surface area (Å²) in [7, 11) is 1.69. The van der Waals surface area contributed by atoms with Gasteiger partial charge in [-0.15, -0.1) is 11.3 Å². The number of nitrogens with one attached hydrogen (secondary N) is 1. The molecule has 5 nitrogen and oxygen atoms in total. The number of benzene rings is 1. The molecule has 1 N–H and O–H groups in total. The number of carbonyl (C=O) groups excluding carboxylic acids is 1. The third-order valence-corrected chi connectivity index (χ3v) is 6.58. The summed E-state index contributed by atoms with van der Waals surface area (Å²) in [6.45, 7) is 2.95. The van der Waals surface area contributed by atoms with E-state index in [2.05, 4.69) is 27.3 Å². The Bertz CT molecular complexity index is 921. The molecule has 1 aromatic carbocycles. The summed E-state index contributed by atoms with van der Waals surface area (Å²) in [5.41, 5.74) is 2.23. The molecule has 1 saturated heterocycles. The minimum atomic E-state index is -0.0658. The average Bonchev–Trinajstić information content (AvgIpc) is 3.34. The summed E-state index contributed by atoms with van der Waals surface area (Å²) in [6, 6.07) is 17.9. The number of likely N-dealkylation sites (tertiary alicyclic amines) is 1. The van der Waals surface area contributed by atoms with Crippen LogP contribution in [0.2, 0.25) is 0 Å². The average molecular weight is 422 g/mol. The first-order valence-corrected chi connectivity index (χ1v) is 11.2. The number of amides is 1. The lowest BCUT2D eigenvalue weighted by atomic mass is 9.87. The molecule has 1 aliphatic rings. The molecule has 3 heterocycles. The SMILES string of the molecule is COc1ccc(CN2CCC([C@H](NC(=O)c3cccs3)c3ccccn3)CC2)cc1. The van der Waals surface area contributed by atoms with Crippen LogP contribution in [0.15, 0.2) is 66.2 Å². The van der Waals surface area contributed by atoms with Crippen molar-refractivity contribution in [2.75, 3.05) is 20.2 Å². The Morgan fingerprint density at radius 3 is 2.60 bits per heavy atom. The van der Waals surface area contributed by atoms with Gasteiger partial charge in [0.2, 0.25) is 0 Å². The first kappa shape index (κ1) is 20.6. The van der Waals surface area contributed by atoms with Gasteiger partial charge in [0.15, 0.2) is 0 Å². The largest absolute Gasteiger partial charge is 0.497 e.